The Labute approximate surface area is 71.5 Å². The van der Waals surface area contributed by atoms with Gasteiger partial charge in [0.1, 0.15) is 0 Å². The molecule has 1 heterocycles. The molecule has 0 N–H and O–H groups in total. The fraction of sp³-hybridized carbons (Fsp3) is 0.167. The van der Waals surface area contributed by atoms with Crippen molar-refractivity contribution < 1.29 is 0 Å². The Morgan fingerprint density at radius 2 is 2.22 bits per heavy atom. The summed E-state index contributed by atoms with van der Waals surface area (Å²) in [4.78, 5) is 4.25. The predicted octanol–water partition coefficient (Wildman–Crippen LogP) is 0.411. The summed E-state index contributed by atoms with van der Waals surface area (Å²) >= 11 is 4.93. The molecule has 0 radical (unpaired) electrons. The Morgan fingerprint density at radius 1 is 1.56 bits per heavy atom. The van der Waals surface area contributed by atoms with E-state index < -0.39 is 0 Å². The van der Waals surface area contributed by atoms with Crippen LogP contribution in [0.5, 0.6) is 0 Å². The van der Waals surface area contributed by atoms with Crippen LogP contribution in [0.25, 0.3) is 0 Å². The van der Waals surface area contributed by atoms with E-state index in [1.54, 1.807) is 16.9 Å². The van der Waals surface area contributed by atoms with Gasteiger partial charge in [-0.05, 0) is 0 Å². The first-order valence-corrected chi connectivity index (χ1v) is 4.59. The minimum absolute atomic E-state index is 1.07. The number of aromatic nitrogens is 1. The Morgan fingerprint density at radius 3 is 2.67 bits per heavy atom. The van der Waals surface area contributed by atoms with E-state index in [1.165, 1.54) is 0 Å². The van der Waals surface area contributed by atoms with E-state index in [1.807, 2.05) is 19.1 Å². The fourth-order valence-corrected chi connectivity index (χ4v) is 1.39. The average molecular weight is 248 g/mol. The molecule has 3 heteroatoms. The van der Waals surface area contributed by atoms with Crippen LogP contribution in [0.2, 0.25) is 0 Å². The summed E-state index contributed by atoms with van der Waals surface area (Å²) in [7, 11) is 0. The summed E-state index contributed by atoms with van der Waals surface area (Å²) < 4.78 is 2.21. The molecule has 0 bridgehead atoms. The van der Waals surface area contributed by atoms with Crippen molar-refractivity contribution >= 4 is 37.3 Å². The summed E-state index contributed by atoms with van der Waals surface area (Å²) in [6, 6.07) is 4.04. The van der Waals surface area contributed by atoms with Crippen LogP contribution in [-0.2, 0) is 0 Å². The van der Waals surface area contributed by atoms with Gasteiger partial charge in [-0.2, -0.15) is 0 Å². The molecule has 0 amide bonds. The quantitative estimate of drug-likeness (QED) is 0.606. The van der Waals surface area contributed by atoms with Crippen LogP contribution in [0.3, 0.4) is 0 Å². The minimum atomic E-state index is 1.07. The molecule has 1 nitrogen and oxygen atoms in total. The zero-order valence-corrected chi connectivity index (χ0v) is 9.07. The first-order valence-electron chi connectivity index (χ1n) is 2.59. The molecule has 1 atom stereocenters. The average Bonchev–Trinajstić information content (AvgIpc) is 1.80. The monoisotopic (exact) mass is 247 g/mol. The third-order valence-electron chi connectivity index (χ3n) is 1.04. The van der Waals surface area contributed by atoms with Crippen LogP contribution in [0, 0.1) is 6.92 Å². The summed E-state index contributed by atoms with van der Waals surface area (Å²) in [5.74, 6) is 0. The molecule has 0 aliphatic carbocycles. The molecule has 1 aromatic heterocycles. The number of pyridine rings is 1. The maximum absolute atomic E-state index is 4.25. The van der Waals surface area contributed by atoms with Crippen LogP contribution < -0.4 is 4.48 Å². The van der Waals surface area contributed by atoms with Gasteiger partial charge in [0.15, 0.2) is 0 Å². The van der Waals surface area contributed by atoms with Crippen molar-refractivity contribution in [2.75, 3.05) is 0 Å². The zero-order chi connectivity index (χ0) is 6.85. The Bertz CT molecular complexity index is 224. The predicted molar refractivity (Wildman–Crippen MR) is 44.9 cm³/mol. The number of halogens is 1. The second kappa shape index (κ2) is 2.85. The van der Waals surface area contributed by atoms with Crippen molar-refractivity contribution in [1.29, 1.82) is 0 Å². The van der Waals surface area contributed by atoms with E-state index in [-0.39, 0.29) is 0 Å². The fourth-order valence-electron chi connectivity index (χ4n) is 0.563. The van der Waals surface area contributed by atoms with Crippen molar-refractivity contribution in [3.8, 4) is 0 Å². The van der Waals surface area contributed by atoms with Gasteiger partial charge in [-0.1, -0.05) is 0 Å². The summed E-state index contributed by atoms with van der Waals surface area (Å²) in [6.07, 6.45) is 0. The molecule has 1 unspecified atom stereocenters. The molecule has 0 aromatic carbocycles. The third-order valence-corrected chi connectivity index (χ3v) is 2.56. The molecule has 0 fully saturated rings. The van der Waals surface area contributed by atoms with Crippen molar-refractivity contribution in [1.82, 2.24) is 4.98 Å². The van der Waals surface area contributed by atoms with Gasteiger partial charge < -0.3 is 0 Å². The summed E-state index contributed by atoms with van der Waals surface area (Å²) in [5, 5.41) is 0. The number of nitrogens with zero attached hydrogens (tertiary/aromatic N) is 1. The number of hydrogen-bond donors (Lipinski definition) is 0. The second-order valence-electron chi connectivity index (χ2n) is 1.80. The molecule has 0 aliphatic rings. The number of aryl methyl sites for hydroxylation is 1. The van der Waals surface area contributed by atoms with Crippen molar-refractivity contribution in [3.63, 3.8) is 0 Å². The van der Waals surface area contributed by atoms with E-state index in [0.717, 1.165) is 14.6 Å². The van der Waals surface area contributed by atoms with E-state index in [4.69, 9.17) is 0 Å². The normalized spacial score (nSPS) is 9.67. The topological polar surface area (TPSA) is 12.9 Å². The molecule has 0 aliphatic heterocycles. The van der Waals surface area contributed by atoms with E-state index >= 15 is 0 Å². The molecular weight excluding hydrogens is 241 g/mol. The van der Waals surface area contributed by atoms with E-state index in [0.29, 0.717) is 0 Å². The van der Waals surface area contributed by atoms with Gasteiger partial charge in [-0.3, -0.25) is 0 Å². The van der Waals surface area contributed by atoms with Crippen LogP contribution in [0.4, 0.5) is 0 Å². The van der Waals surface area contributed by atoms with Crippen LogP contribution in [-0.4, -0.2) is 21.8 Å². The van der Waals surface area contributed by atoms with E-state index in [9.17, 15) is 0 Å². The van der Waals surface area contributed by atoms with Gasteiger partial charge in [-0.25, -0.2) is 0 Å². The third kappa shape index (κ3) is 1.80. The summed E-state index contributed by atoms with van der Waals surface area (Å²) in [5.41, 5.74) is 1.07. The molecular formula is C6H7AsBrN. The van der Waals surface area contributed by atoms with Crippen molar-refractivity contribution in [2.24, 2.45) is 0 Å². The Hall–Kier alpha value is 0.188. The SMILES string of the molecule is Cc1nc([AsH2])ccc1Br. The number of hydrogen-bond acceptors (Lipinski definition) is 1. The standard InChI is InChI=1S/C6H7AsBrN/c1-4-5(8)2-3-6(7)9-4/h2-3H,7H2,1H3. The Kier molecular flexibility index (Phi) is 2.31. The van der Waals surface area contributed by atoms with Crippen molar-refractivity contribution in [3.05, 3.63) is 22.3 Å². The first-order chi connectivity index (χ1) is 4.20. The Balaban J connectivity index is 3.17. The molecule has 48 valence electrons. The van der Waals surface area contributed by atoms with Gasteiger partial charge in [0, 0.05) is 0 Å². The van der Waals surface area contributed by atoms with Crippen LogP contribution >= 0.6 is 15.9 Å². The van der Waals surface area contributed by atoms with Gasteiger partial charge >= 0.3 is 71.5 Å². The molecule has 0 spiro atoms. The molecule has 0 saturated heterocycles. The van der Waals surface area contributed by atoms with Gasteiger partial charge in [0.05, 0.1) is 0 Å². The molecule has 1 rings (SSSR count). The first kappa shape index (κ1) is 7.30. The van der Waals surface area contributed by atoms with Gasteiger partial charge in [-0.15, -0.1) is 0 Å². The molecule has 9 heavy (non-hydrogen) atoms. The van der Waals surface area contributed by atoms with Crippen LogP contribution in [0.15, 0.2) is 16.6 Å². The van der Waals surface area contributed by atoms with Crippen LogP contribution in [0.1, 0.15) is 5.69 Å². The molecule has 0 saturated carbocycles. The number of rotatable bonds is 0. The second-order valence-corrected chi connectivity index (χ2v) is 3.90. The maximum atomic E-state index is 4.25. The molecule has 1 aromatic rings. The summed E-state index contributed by atoms with van der Waals surface area (Å²) in [6.45, 7) is 1.99. The van der Waals surface area contributed by atoms with Gasteiger partial charge in [0.25, 0.3) is 0 Å². The van der Waals surface area contributed by atoms with E-state index in [2.05, 4.69) is 20.9 Å². The van der Waals surface area contributed by atoms with Gasteiger partial charge in [0.2, 0.25) is 0 Å². The van der Waals surface area contributed by atoms with Crippen molar-refractivity contribution in [2.45, 2.75) is 6.92 Å². The zero-order valence-electron chi connectivity index (χ0n) is 5.06.